The van der Waals surface area contributed by atoms with Crippen LogP contribution in [-0.2, 0) is 42.2 Å². The van der Waals surface area contributed by atoms with Crippen molar-refractivity contribution in [2.24, 2.45) is 0 Å². The molecule has 0 aromatic carbocycles. The fourth-order valence-electron chi connectivity index (χ4n) is 8.89. The first-order valence-electron chi connectivity index (χ1n) is 32.5. The number of aliphatic hydroxyl groups is 1. The third-order valence-corrected chi connectivity index (χ3v) is 14.8. The number of allylic oxidation sites excluding steroid dienone is 14. The van der Waals surface area contributed by atoms with Gasteiger partial charge < -0.3 is 24.2 Å². The highest BCUT2D eigenvalue weighted by atomic mass is 31.2. The molecule has 0 aliphatic carbocycles. The maximum Gasteiger partial charge on any atom is 0.472 e. The topological polar surface area (TPSA) is 155 Å². The fourth-order valence-corrected chi connectivity index (χ4v) is 9.68. The Morgan fingerprint density at radius 2 is 0.662 bits per heavy atom. The highest BCUT2D eigenvalue weighted by Crippen LogP contribution is 2.43. The standard InChI is InChI=1S/C68H119O11P/c1-4-7-10-13-16-19-22-25-28-31-32-35-36-39-42-45-48-51-54-57-66(70)75-61-65(79-68(72)59-56-53-50-47-44-41-38-34-30-27-24-21-18-15-12-9-6-3)63-77-80(73,74)76-62-64(60-69)78-67(71)58-55-52-49-46-43-40-37-33-29-26-23-20-17-14-11-8-5-2/h9,12,16,18-19,21,25,27-28,30,38,41,47,50,64-65,69H,4-8,10-11,13-15,17,20,22-24,26,29,31-37,39-40,42-46,48-49,51-63H2,1-3H3,(H,73,74)/b12-9-,19-16-,21-18-,28-25-,30-27-,41-38-,50-47-. The number of aliphatic hydroxyl groups excluding tert-OH is 1. The van der Waals surface area contributed by atoms with Crippen LogP contribution in [0.3, 0.4) is 0 Å². The van der Waals surface area contributed by atoms with Crippen molar-refractivity contribution in [3.63, 3.8) is 0 Å². The van der Waals surface area contributed by atoms with Crippen LogP contribution in [0.4, 0.5) is 0 Å². The van der Waals surface area contributed by atoms with E-state index in [9.17, 15) is 28.9 Å². The van der Waals surface area contributed by atoms with Crippen molar-refractivity contribution in [3.05, 3.63) is 85.1 Å². The van der Waals surface area contributed by atoms with Crippen LogP contribution in [0.15, 0.2) is 85.1 Å². The first kappa shape index (κ1) is 76.7. The number of carbonyl (C=O) groups excluding carboxylic acids is 3. The lowest BCUT2D eigenvalue weighted by Gasteiger charge is -2.21. The summed E-state index contributed by atoms with van der Waals surface area (Å²) in [6.07, 6.45) is 72.5. The molecular formula is C68H119O11P. The number of rotatable bonds is 60. The van der Waals surface area contributed by atoms with Gasteiger partial charge in [-0.2, -0.15) is 0 Å². The Balaban J connectivity index is 4.75. The lowest BCUT2D eigenvalue weighted by Crippen LogP contribution is -2.30. The zero-order valence-electron chi connectivity index (χ0n) is 51.3. The lowest BCUT2D eigenvalue weighted by atomic mass is 10.0. The molecule has 80 heavy (non-hydrogen) atoms. The molecule has 0 fully saturated rings. The molecule has 0 spiro atoms. The summed E-state index contributed by atoms with van der Waals surface area (Å²) in [6, 6.07) is 0. The highest BCUT2D eigenvalue weighted by Gasteiger charge is 2.28. The van der Waals surface area contributed by atoms with Crippen LogP contribution >= 0.6 is 7.82 Å². The average Bonchev–Trinajstić information content (AvgIpc) is 3.45. The molecule has 3 atom stereocenters. The van der Waals surface area contributed by atoms with Crippen molar-refractivity contribution < 1.29 is 52.2 Å². The molecule has 0 radical (unpaired) electrons. The Hall–Kier alpha value is -3.34. The third-order valence-electron chi connectivity index (χ3n) is 13.8. The van der Waals surface area contributed by atoms with Gasteiger partial charge in [-0.25, -0.2) is 4.57 Å². The summed E-state index contributed by atoms with van der Waals surface area (Å²) in [6.45, 7) is 4.49. The van der Waals surface area contributed by atoms with Crippen molar-refractivity contribution in [2.75, 3.05) is 26.4 Å². The van der Waals surface area contributed by atoms with Gasteiger partial charge in [0.1, 0.15) is 12.7 Å². The second-order valence-corrected chi connectivity index (χ2v) is 23.0. The van der Waals surface area contributed by atoms with Crippen LogP contribution in [-0.4, -0.2) is 66.5 Å². The van der Waals surface area contributed by atoms with Gasteiger partial charge in [0.2, 0.25) is 0 Å². The Labute approximate surface area is 490 Å². The van der Waals surface area contributed by atoms with Crippen molar-refractivity contribution in [2.45, 2.75) is 303 Å². The number of ether oxygens (including phenoxy) is 3. The minimum absolute atomic E-state index is 0.0871. The second-order valence-electron chi connectivity index (χ2n) is 21.6. The Kier molecular flexibility index (Phi) is 59.1. The van der Waals surface area contributed by atoms with Crippen molar-refractivity contribution in [3.8, 4) is 0 Å². The maximum absolute atomic E-state index is 13.0. The van der Waals surface area contributed by atoms with Crippen molar-refractivity contribution in [1.29, 1.82) is 0 Å². The van der Waals surface area contributed by atoms with Crippen molar-refractivity contribution in [1.82, 2.24) is 0 Å². The Morgan fingerprint density at radius 1 is 0.362 bits per heavy atom. The van der Waals surface area contributed by atoms with E-state index >= 15 is 0 Å². The van der Waals surface area contributed by atoms with Crippen molar-refractivity contribution >= 4 is 25.7 Å². The largest absolute Gasteiger partial charge is 0.472 e. The van der Waals surface area contributed by atoms with E-state index in [1.165, 1.54) is 141 Å². The molecule has 0 amide bonds. The molecule has 3 unspecified atom stereocenters. The molecule has 0 bridgehead atoms. The van der Waals surface area contributed by atoms with E-state index in [-0.39, 0.29) is 25.9 Å². The van der Waals surface area contributed by atoms with Crippen LogP contribution in [0.2, 0.25) is 0 Å². The van der Waals surface area contributed by atoms with Crippen LogP contribution in [0.25, 0.3) is 0 Å². The molecule has 11 nitrogen and oxygen atoms in total. The van der Waals surface area contributed by atoms with Crippen LogP contribution < -0.4 is 0 Å². The molecule has 0 aromatic rings. The van der Waals surface area contributed by atoms with E-state index in [4.69, 9.17) is 23.3 Å². The molecule has 12 heteroatoms. The summed E-state index contributed by atoms with van der Waals surface area (Å²) in [5, 5.41) is 9.86. The zero-order valence-corrected chi connectivity index (χ0v) is 52.2. The third kappa shape index (κ3) is 59.3. The van der Waals surface area contributed by atoms with Gasteiger partial charge in [-0.3, -0.25) is 23.4 Å². The number of phosphoric ester groups is 1. The first-order valence-corrected chi connectivity index (χ1v) is 34.0. The van der Waals surface area contributed by atoms with Gasteiger partial charge in [-0.15, -0.1) is 0 Å². The molecule has 462 valence electrons. The summed E-state index contributed by atoms with van der Waals surface area (Å²) in [4.78, 5) is 48.7. The molecule has 2 N–H and O–H groups in total. The van der Waals surface area contributed by atoms with E-state index in [0.29, 0.717) is 25.7 Å². The molecular weight excluding hydrogens is 1020 g/mol. The minimum Gasteiger partial charge on any atom is -0.462 e. The number of hydrogen-bond donors (Lipinski definition) is 2. The average molecular weight is 1140 g/mol. The maximum atomic E-state index is 13.0. The van der Waals surface area contributed by atoms with Gasteiger partial charge in [0.05, 0.1) is 19.8 Å². The van der Waals surface area contributed by atoms with Crippen LogP contribution in [0.1, 0.15) is 290 Å². The molecule has 0 aliphatic heterocycles. The second kappa shape index (κ2) is 61.7. The summed E-state index contributed by atoms with van der Waals surface area (Å²) < 4.78 is 39.6. The van der Waals surface area contributed by atoms with E-state index in [0.717, 1.165) is 83.5 Å². The summed E-state index contributed by atoms with van der Waals surface area (Å²) in [5.41, 5.74) is 0. The summed E-state index contributed by atoms with van der Waals surface area (Å²) >= 11 is 0. The normalized spacial score (nSPS) is 13.8. The molecule has 0 saturated heterocycles. The van der Waals surface area contributed by atoms with Gasteiger partial charge in [0, 0.05) is 19.3 Å². The molecule has 0 saturated carbocycles. The van der Waals surface area contributed by atoms with Gasteiger partial charge in [0.25, 0.3) is 0 Å². The van der Waals surface area contributed by atoms with E-state index < -0.39 is 57.8 Å². The predicted octanol–water partition coefficient (Wildman–Crippen LogP) is 19.8. The van der Waals surface area contributed by atoms with Gasteiger partial charge in [-0.1, -0.05) is 266 Å². The first-order chi connectivity index (χ1) is 39.2. The number of hydrogen-bond acceptors (Lipinski definition) is 10. The summed E-state index contributed by atoms with van der Waals surface area (Å²) in [7, 11) is -4.77. The Morgan fingerprint density at radius 3 is 1.07 bits per heavy atom. The molecule has 0 aliphatic rings. The molecule has 0 rings (SSSR count). The van der Waals surface area contributed by atoms with E-state index in [2.05, 4.69) is 99.8 Å². The lowest BCUT2D eigenvalue weighted by molar-refractivity contribution is -0.161. The minimum atomic E-state index is -4.77. The quantitative estimate of drug-likeness (QED) is 0.0197. The zero-order chi connectivity index (χ0) is 58.3. The number of unbranched alkanes of at least 4 members (excludes halogenated alkanes) is 29. The van der Waals surface area contributed by atoms with E-state index in [1.54, 1.807) is 0 Å². The number of phosphoric acid groups is 1. The number of esters is 3. The monoisotopic (exact) mass is 1140 g/mol. The fraction of sp³-hybridized carbons (Fsp3) is 0.750. The SMILES string of the molecule is CC/C=C\C/C=C\C/C=C\C/C=C\C/C=C\CCCC(=O)OC(COC(=O)CCCCCCCCCCC/C=C\C/C=C\CCCCC)COP(=O)(O)OCC(CO)OC(=O)CCCCCCCCCCCCCCCCCCC. The van der Waals surface area contributed by atoms with Gasteiger partial charge >= 0.3 is 25.7 Å². The molecule has 0 heterocycles. The number of carbonyl (C=O) groups is 3. The van der Waals surface area contributed by atoms with Gasteiger partial charge in [0.15, 0.2) is 6.10 Å². The molecule has 0 aromatic heterocycles. The Bertz CT molecular complexity index is 1670. The highest BCUT2D eigenvalue weighted by molar-refractivity contribution is 7.47. The van der Waals surface area contributed by atoms with Crippen LogP contribution in [0, 0.1) is 0 Å². The predicted molar refractivity (Wildman–Crippen MR) is 334 cm³/mol. The summed E-state index contributed by atoms with van der Waals surface area (Å²) in [5.74, 6) is -1.53. The van der Waals surface area contributed by atoms with Crippen LogP contribution in [0.5, 0.6) is 0 Å². The smallest absolute Gasteiger partial charge is 0.462 e. The van der Waals surface area contributed by atoms with E-state index in [1.807, 2.05) is 6.08 Å². The van der Waals surface area contributed by atoms with Gasteiger partial charge in [-0.05, 0) is 89.9 Å².